The largest absolute Gasteiger partial charge is 0.444 e. The number of halogens is 1. The fraction of sp³-hybridized carbons (Fsp3) is 0.318. The van der Waals surface area contributed by atoms with Gasteiger partial charge in [-0.25, -0.2) is 13.2 Å². The molecule has 172 valence electrons. The first-order valence-electron chi connectivity index (χ1n) is 10.5. The topological polar surface area (TPSA) is 92.7 Å². The highest BCUT2D eigenvalue weighted by atomic mass is 35.5. The summed E-state index contributed by atoms with van der Waals surface area (Å²) in [5.41, 5.74) is 3.04. The number of carbonyl (C=O) groups excluding carboxylic acids is 1. The van der Waals surface area contributed by atoms with Gasteiger partial charge in [0, 0.05) is 36.1 Å². The second kappa shape index (κ2) is 9.02. The summed E-state index contributed by atoms with van der Waals surface area (Å²) in [6.45, 7) is 0.740. The van der Waals surface area contributed by atoms with Crippen molar-refractivity contribution in [2.24, 2.45) is 0 Å². The number of hydrogen-bond acceptors (Lipinski definition) is 7. The Morgan fingerprint density at radius 3 is 2.61 bits per heavy atom. The van der Waals surface area contributed by atoms with Crippen molar-refractivity contribution in [1.29, 1.82) is 0 Å². The predicted octanol–water partition coefficient (Wildman–Crippen LogP) is 4.09. The van der Waals surface area contributed by atoms with Crippen LogP contribution in [0.15, 0.2) is 53.6 Å². The molecule has 3 aromatic rings. The van der Waals surface area contributed by atoms with E-state index >= 15 is 0 Å². The smallest absolute Gasteiger partial charge is 0.414 e. The number of fused-ring (bicyclic) bond motifs is 1. The Morgan fingerprint density at radius 2 is 1.85 bits per heavy atom. The van der Waals surface area contributed by atoms with E-state index in [1.54, 1.807) is 17.0 Å². The van der Waals surface area contributed by atoms with E-state index in [-0.39, 0.29) is 30.8 Å². The van der Waals surface area contributed by atoms with E-state index in [1.807, 2.05) is 36.4 Å². The van der Waals surface area contributed by atoms with Gasteiger partial charge in [-0.15, -0.1) is 0 Å². The Labute approximate surface area is 201 Å². The molecule has 1 aromatic heterocycles. The SMILES string of the molecule is O=C1OCc2cc(Cl)ccc2N1C1CCN(S(=O)(=O)c2nsnc2Cc2ccccc2)CC1. The molecule has 5 rings (SSSR count). The van der Waals surface area contributed by atoms with Crippen LogP contribution < -0.4 is 4.90 Å². The number of rotatable bonds is 5. The molecule has 0 saturated carbocycles. The van der Waals surface area contributed by atoms with Crippen molar-refractivity contribution in [2.45, 2.75) is 36.9 Å². The highest BCUT2D eigenvalue weighted by Gasteiger charge is 2.38. The summed E-state index contributed by atoms with van der Waals surface area (Å²) in [7, 11) is -3.79. The van der Waals surface area contributed by atoms with Crippen LogP contribution in [0.3, 0.4) is 0 Å². The zero-order valence-corrected chi connectivity index (χ0v) is 19.9. The molecule has 2 aliphatic heterocycles. The van der Waals surface area contributed by atoms with E-state index in [1.165, 1.54) is 4.31 Å². The zero-order valence-electron chi connectivity index (χ0n) is 17.6. The number of amides is 1. The van der Waals surface area contributed by atoms with E-state index in [4.69, 9.17) is 16.3 Å². The van der Waals surface area contributed by atoms with Crippen LogP contribution in [0.1, 0.15) is 29.7 Å². The van der Waals surface area contributed by atoms with E-state index in [0.29, 0.717) is 30.0 Å². The molecule has 0 atom stereocenters. The van der Waals surface area contributed by atoms with Gasteiger partial charge in [-0.3, -0.25) is 4.90 Å². The minimum absolute atomic E-state index is 0.0205. The van der Waals surface area contributed by atoms with Crippen LogP contribution >= 0.6 is 23.3 Å². The van der Waals surface area contributed by atoms with Gasteiger partial charge in [-0.1, -0.05) is 41.9 Å². The summed E-state index contributed by atoms with van der Waals surface area (Å²) in [4.78, 5) is 14.2. The summed E-state index contributed by atoms with van der Waals surface area (Å²) in [5, 5.41) is 0.600. The molecule has 0 spiro atoms. The average Bonchev–Trinajstić information content (AvgIpc) is 3.29. The first-order chi connectivity index (χ1) is 15.9. The number of carbonyl (C=O) groups is 1. The first-order valence-corrected chi connectivity index (χ1v) is 13.1. The molecule has 0 N–H and O–H groups in total. The fourth-order valence-corrected chi connectivity index (χ4v) is 6.86. The number of cyclic esters (lactones) is 1. The van der Waals surface area contributed by atoms with E-state index in [2.05, 4.69) is 8.75 Å². The molecule has 1 saturated heterocycles. The molecule has 1 amide bonds. The summed E-state index contributed by atoms with van der Waals surface area (Å²) in [6, 6.07) is 14.8. The quantitative estimate of drug-likeness (QED) is 0.519. The lowest BCUT2D eigenvalue weighted by Gasteiger charge is -2.39. The van der Waals surface area contributed by atoms with Crippen molar-refractivity contribution < 1.29 is 17.9 Å². The Bertz CT molecular complexity index is 1270. The third kappa shape index (κ3) is 4.35. The maximum Gasteiger partial charge on any atom is 0.414 e. The number of piperidine rings is 1. The predicted molar refractivity (Wildman–Crippen MR) is 125 cm³/mol. The third-order valence-electron chi connectivity index (χ3n) is 5.96. The molecular weight excluding hydrogens is 484 g/mol. The minimum Gasteiger partial charge on any atom is -0.444 e. The Balaban J connectivity index is 1.32. The van der Waals surface area contributed by atoms with Crippen LogP contribution in [0.25, 0.3) is 0 Å². The number of nitrogens with zero attached hydrogens (tertiary/aromatic N) is 4. The molecule has 2 aliphatic rings. The van der Waals surface area contributed by atoms with Crippen molar-refractivity contribution in [1.82, 2.24) is 13.1 Å². The highest BCUT2D eigenvalue weighted by molar-refractivity contribution is 7.89. The zero-order chi connectivity index (χ0) is 23.0. The fourth-order valence-electron chi connectivity index (χ4n) is 4.31. The molecule has 0 unspecified atom stereocenters. The number of aromatic nitrogens is 2. The number of ether oxygens (including phenoxy) is 1. The molecule has 0 radical (unpaired) electrons. The second-order valence-corrected chi connectivity index (χ2v) is 10.8. The first kappa shape index (κ1) is 22.3. The number of benzene rings is 2. The molecule has 0 aliphatic carbocycles. The molecule has 8 nitrogen and oxygen atoms in total. The third-order valence-corrected chi connectivity index (χ3v) is 8.74. The van der Waals surface area contributed by atoms with Crippen molar-refractivity contribution in [2.75, 3.05) is 18.0 Å². The van der Waals surface area contributed by atoms with E-state index < -0.39 is 16.1 Å². The molecule has 0 bridgehead atoms. The molecule has 11 heteroatoms. The average molecular weight is 505 g/mol. The maximum atomic E-state index is 13.4. The monoisotopic (exact) mass is 504 g/mol. The van der Waals surface area contributed by atoms with E-state index in [0.717, 1.165) is 28.5 Å². The van der Waals surface area contributed by atoms with Crippen LogP contribution in [-0.2, 0) is 27.8 Å². The Hall–Kier alpha value is -2.53. The van der Waals surface area contributed by atoms with Gasteiger partial charge in [-0.05, 0) is 36.6 Å². The normalized spacial score (nSPS) is 17.6. The van der Waals surface area contributed by atoms with Crippen LogP contribution in [0, 0.1) is 0 Å². The second-order valence-electron chi connectivity index (χ2n) is 8.01. The van der Waals surface area contributed by atoms with Gasteiger partial charge in [0.15, 0.2) is 0 Å². The molecule has 1 fully saturated rings. The highest BCUT2D eigenvalue weighted by Crippen LogP contribution is 2.34. The van der Waals surface area contributed by atoms with Gasteiger partial charge in [0.1, 0.15) is 6.61 Å². The van der Waals surface area contributed by atoms with Gasteiger partial charge in [0.25, 0.3) is 10.0 Å². The lowest BCUT2D eigenvalue weighted by Crippen LogP contribution is -2.50. The van der Waals surface area contributed by atoms with Crippen molar-refractivity contribution in [3.8, 4) is 0 Å². The summed E-state index contributed by atoms with van der Waals surface area (Å²) >= 11 is 6.99. The molecule has 2 aromatic carbocycles. The summed E-state index contributed by atoms with van der Waals surface area (Å²) < 4.78 is 41.8. The van der Waals surface area contributed by atoms with Gasteiger partial charge in [0.2, 0.25) is 5.03 Å². The number of hydrogen-bond donors (Lipinski definition) is 0. The molecule has 3 heterocycles. The van der Waals surface area contributed by atoms with Gasteiger partial charge < -0.3 is 4.74 Å². The van der Waals surface area contributed by atoms with Crippen LogP contribution in [-0.4, -0.2) is 46.7 Å². The Morgan fingerprint density at radius 1 is 1.09 bits per heavy atom. The van der Waals surface area contributed by atoms with Crippen LogP contribution in [0.2, 0.25) is 5.02 Å². The van der Waals surface area contributed by atoms with E-state index in [9.17, 15) is 13.2 Å². The maximum absolute atomic E-state index is 13.4. The minimum atomic E-state index is -3.79. The van der Waals surface area contributed by atoms with Crippen molar-refractivity contribution in [3.63, 3.8) is 0 Å². The summed E-state index contributed by atoms with van der Waals surface area (Å²) in [6.07, 6.45) is 0.964. The van der Waals surface area contributed by atoms with Gasteiger partial charge in [0.05, 0.1) is 23.1 Å². The van der Waals surface area contributed by atoms with Crippen molar-refractivity contribution >= 4 is 45.1 Å². The number of anilines is 1. The lowest BCUT2D eigenvalue weighted by molar-refractivity contribution is 0.136. The van der Waals surface area contributed by atoms with Gasteiger partial charge in [-0.2, -0.15) is 13.1 Å². The van der Waals surface area contributed by atoms with Gasteiger partial charge >= 0.3 is 6.09 Å². The van der Waals surface area contributed by atoms with Crippen LogP contribution in [0.5, 0.6) is 0 Å². The molecular formula is C22H21ClN4O4S2. The molecule has 33 heavy (non-hydrogen) atoms. The van der Waals surface area contributed by atoms with Crippen molar-refractivity contribution in [3.05, 3.63) is 70.4 Å². The lowest BCUT2D eigenvalue weighted by atomic mass is 10.0. The Kier molecular flexibility index (Phi) is 6.09. The number of sulfonamides is 1. The summed E-state index contributed by atoms with van der Waals surface area (Å²) in [5.74, 6) is 0. The van der Waals surface area contributed by atoms with Crippen LogP contribution in [0.4, 0.5) is 10.5 Å². The standard InChI is InChI=1S/C22H21ClN4O4S2/c23-17-6-7-20-16(13-17)14-31-22(28)27(20)18-8-10-26(11-9-18)33(29,30)21-19(24-32-25-21)12-15-4-2-1-3-5-15/h1-7,13,18H,8-12,14H2.